The number of aryl methyl sites for hydroxylation is 2. The third kappa shape index (κ3) is 3.25. The van der Waals surface area contributed by atoms with E-state index < -0.39 is 0 Å². The summed E-state index contributed by atoms with van der Waals surface area (Å²) in [5.41, 5.74) is 4.88. The van der Waals surface area contributed by atoms with Crippen LogP contribution >= 0.6 is 0 Å². The van der Waals surface area contributed by atoms with Crippen LogP contribution in [0.4, 0.5) is 0 Å². The Hall–Kier alpha value is -3.29. The number of carbonyl (C=O) groups is 1. The van der Waals surface area contributed by atoms with E-state index in [9.17, 15) is 4.79 Å². The lowest BCUT2D eigenvalue weighted by Gasteiger charge is -2.18. The van der Waals surface area contributed by atoms with E-state index in [4.69, 9.17) is 9.47 Å². The standard InChI is InChI=1S/C19H21N5O3/c1-11-18(12(2)24(3)23-11)14-9-15(22-21-14)19(25)20-10-13-4-5-16-17(8-13)27-7-6-26-16/h4-5,8-9H,6-7,10H2,1-3H3,(H,20,25)(H,21,22). The van der Waals surface area contributed by atoms with Crippen molar-refractivity contribution in [2.24, 2.45) is 7.05 Å². The Kier molecular flexibility index (Phi) is 4.31. The summed E-state index contributed by atoms with van der Waals surface area (Å²) in [6.45, 7) is 5.38. The number of H-pyrrole nitrogens is 1. The Bertz CT molecular complexity index is 1000. The van der Waals surface area contributed by atoms with Crippen LogP contribution in [0, 0.1) is 13.8 Å². The molecule has 0 fully saturated rings. The number of aromatic amines is 1. The maximum absolute atomic E-state index is 12.5. The van der Waals surface area contributed by atoms with Crippen LogP contribution in [0.25, 0.3) is 11.3 Å². The van der Waals surface area contributed by atoms with E-state index in [1.807, 2.05) is 39.1 Å². The maximum atomic E-state index is 12.5. The normalized spacial score (nSPS) is 12.9. The van der Waals surface area contributed by atoms with Gasteiger partial charge in [0.1, 0.15) is 18.9 Å². The number of fused-ring (bicyclic) bond motifs is 1. The molecule has 8 heteroatoms. The molecular formula is C19H21N5O3. The number of nitrogens with zero attached hydrogens (tertiary/aromatic N) is 3. The first-order valence-electron chi connectivity index (χ1n) is 8.75. The molecule has 1 aliphatic heterocycles. The summed E-state index contributed by atoms with van der Waals surface area (Å²) in [4.78, 5) is 12.5. The number of ether oxygens (including phenoxy) is 2. The molecule has 0 aliphatic carbocycles. The summed E-state index contributed by atoms with van der Waals surface area (Å²) < 4.78 is 12.9. The second-order valence-corrected chi connectivity index (χ2v) is 6.50. The molecule has 4 rings (SSSR count). The van der Waals surface area contributed by atoms with Gasteiger partial charge in [0.25, 0.3) is 5.91 Å². The topological polar surface area (TPSA) is 94.1 Å². The Balaban J connectivity index is 1.46. The van der Waals surface area contributed by atoms with Crippen molar-refractivity contribution in [3.05, 3.63) is 46.9 Å². The predicted octanol–water partition coefficient (Wildman–Crippen LogP) is 2.13. The molecule has 1 amide bonds. The van der Waals surface area contributed by atoms with Gasteiger partial charge < -0.3 is 14.8 Å². The third-order valence-electron chi connectivity index (χ3n) is 4.65. The van der Waals surface area contributed by atoms with Crippen molar-refractivity contribution in [3.8, 4) is 22.8 Å². The molecule has 2 N–H and O–H groups in total. The van der Waals surface area contributed by atoms with E-state index in [2.05, 4.69) is 20.6 Å². The van der Waals surface area contributed by atoms with E-state index >= 15 is 0 Å². The molecule has 0 spiro atoms. The number of rotatable bonds is 4. The first-order valence-corrected chi connectivity index (χ1v) is 8.75. The smallest absolute Gasteiger partial charge is 0.269 e. The summed E-state index contributed by atoms with van der Waals surface area (Å²) in [6, 6.07) is 7.40. The molecule has 0 unspecified atom stereocenters. The first kappa shape index (κ1) is 17.1. The number of nitrogens with one attached hydrogen (secondary N) is 2. The second-order valence-electron chi connectivity index (χ2n) is 6.50. The lowest BCUT2D eigenvalue weighted by Crippen LogP contribution is -2.23. The molecule has 1 aromatic carbocycles. The summed E-state index contributed by atoms with van der Waals surface area (Å²) >= 11 is 0. The zero-order valence-electron chi connectivity index (χ0n) is 15.5. The average Bonchev–Trinajstić information content (AvgIpc) is 3.24. The van der Waals surface area contributed by atoms with Crippen molar-refractivity contribution < 1.29 is 14.3 Å². The van der Waals surface area contributed by atoms with Crippen LogP contribution < -0.4 is 14.8 Å². The molecule has 1 aliphatic rings. The molecule has 0 radical (unpaired) electrons. The zero-order valence-corrected chi connectivity index (χ0v) is 15.5. The van der Waals surface area contributed by atoms with E-state index in [1.54, 1.807) is 10.7 Å². The summed E-state index contributed by atoms with van der Waals surface area (Å²) in [5.74, 6) is 1.22. The van der Waals surface area contributed by atoms with E-state index in [0.717, 1.165) is 28.3 Å². The molecule has 0 saturated heterocycles. The Morgan fingerprint density at radius 3 is 2.74 bits per heavy atom. The van der Waals surface area contributed by atoms with Gasteiger partial charge in [-0.3, -0.25) is 14.6 Å². The largest absolute Gasteiger partial charge is 0.486 e. The molecule has 2 aromatic heterocycles. The van der Waals surface area contributed by atoms with Crippen molar-refractivity contribution in [3.63, 3.8) is 0 Å². The van der Waals surface area contributed by atoms with E-state index in [0.29, 0.717) is 36.9 Å². The fourth-order valence-corrected chi connectivity index (χ4v) is 3.19. The van der Waals surface area contributed by atoms with Gasteiger partial charge in [0.05, 0.1) is 11.4 Å². The van der Waals surface area contributed by atoms with Gasteiger partial charge in [-0.1, -0.05) is 6.07 Å². The first-order chi connectivity index (χ1) is 13.0. The van der Waals surface area contributed by atoms with Crippen LogP contribution in [0.5, 0.6) is 11.5 Å². The number of carbonyl (C=O) groups excluding carboxylic acids is 1. The molecular weight excluding hydrogens is 346 g/mol. The van der Waals surface area contributed by atoms with Gasteiger partial charge in [-0.25, -0.2) is 0 Å². The molecule has 8 nitrogen and oxygen atoms in total. The SMILES string of the molecule is Cc1nn(C)c(C)c1-c1cc(C(=O)NCc2ccc3c(c2)OCCO3)[nH]n1. The number of benzene rings is 1. The summed E-state index contributed by atoms with van der Waals surface area (Å²) in [6.07, 6.45) is 0. The minimum absolute atomic E-state index is 0.220. The van der Waals surface area contributed by atoms with Crippen LogP contribution in [0.1, 0.15) is 27.4 Å². The fourth-order valence-electron chi connectivity index (χ4n) is 3.19. The zero-order chi connectivity index (χ0) is 19.0. The Morgan fingerprint density at radius 1 is 1.22 bits per heavy atom. The number of hydrogen-bond donors (Lipinski definition) is 2. The monoisotopic (exact) mass is 367 g/mol. The Morgan fingerprint density at radius 2 is 2.00 bits per heavy atom. The van der Waals surface area contributed by atoms with Gasteiger partial charge in [-0.15, -0.1) is 0 Å². The highest BCUT2D eigenvalue weighted by molar-refractivity contribution is 5.93. The van der Waals surface area contributed by atoms with Crippen molar-refractivity contribution in [2.45, 2.75) is 20.4 Å². The second kappa shape index (κ2) is 6.79. The van der Waals surface area contributed by atoms with Crippen LogP contribution in [0.3, 0.4) is 0 Å². The molecule has 0 saturated carbocycles. The van der Waals surface area contributed by atoms with Crippen LogP contribution in [-0.2, 0) is 13.6 Å². The van der Waals surface area contributed by atoms with Crippen LogP contribution in [0.15, 0.2) is 24.3 Å². The van der Waals surface area contributed by atoms with Gasteiger partial charge in [-0.2, -0.15) is 10.2 Å². The number of hydrogen-bond acceptors (Lipinski definition) is 5. The van der Waals surface area contributed by atoms with Gasteiger partial charge >= 0.3 is 0 Å². The molecule has 27 heavy (non-hydrogen) atoms. The average molecular weight is 367 g/mol. The number of amides is 1. The lowest BCUT2D eigenvalue weighted by atomic mass is 10.1. The highest BCUT2D eigenvalue weighted by Crippen LogP contribution is 2.30. The number of aromatic nitrogens is 4. The molecule has 0 bridgehead atoms. The molecule has 3 aromatic rings. The predicted molar refractivity (Wildman–Crippen MR) is 98.9 cm³/mol. The minimum atomic E-state index is -0.220. The summed E-state index contributed by atoms with van der Waals surface area (Å²) in [7, 11) is 1.89. The Labute approximate surface area is 156 Å². The van der Waals surface area contributed by atoms with Crippen molar-refractivity contribution in [1.29, 1.82) is 0 Å². The van der Waals surface area contributed by atoms with E-state index in [1.165, 1.54) is 0 Å². The van der Waals surface area contributed by atoms with Gasteiger partial charge in [-0.05, 0) is 37.6 Å². The van der Waals surface area contributed by atoms with Crippen molar-refractivity contribution >= 4 is 5.91 Å². The highest BCUT2D eigenvalue weighted by atomic mass is 16.6. The third-order valence-corrected chi connectivity index (χ3v) is 4.65. The highest BCUT2D eigenvalue weighted by Gasteiger charge is 2.17. The van der Waals surface area contributed by atoms with Crippen LogP contribution in [-0.4, -0.2) is 39.1 Å². The summed E-state index contributed by atoms with van der Waals surface area (Å²) in [5, 5.41) is 14.4. The lowest BCUT2D eigenvalue weighted by molar-refractivity contribution is 0.0945. The van der Waals surface area contributed by atoms with Gasteiger partial charge in [0, 0.05) is 24.8 Å². The molecule has 0 atom stereocenters. The van der Waals surface area contributed by atoms with Crippen molar-refractivity contribution in [1.82, 2.24) is 25.3 Å². The van der Waals surface area contributed by atoms with Gasteiger partial charge in [0.2, 0.25) is 0 Å². The van der Waals surface area contributed by atoms with Crippen LogP contribution in [0.2, 0.25) is 0 Å². The maximum Gasteiger partial charge on any atom is 0.269 e. The van der Waals surface area contributed by atoms with Crippen molar-refractivity contribution in [2.75, 3.05) is 13.2 Å². The minimum Gasteiger partial charge on any atom is -0.486 e. The quantitative estimate of drug-likeness (QED) is 0.737. The van der Waals surface area contributed by atoms with Gasteiger partial charge in [0.15, 0.2) is 11.5 Å². The van der Waals surface area contributed by atoms with E-state index in [-0.39, 0.29) is 5.91 Å². The molecule has 140 valence electrons. The fraction of sp³-hybridized carbons (Fsp3) is 0.316. The molecule has 3 heterocycles.